The van der Waals surface area contributed by atoms with Crippen molar-refractivity contribution in [1.82, 2.24) is 0 Å². The summed E-state index contributed by atoms with van der Waals surface area (Å²) in [5.74, 6) is 1.11. The number of nitrogens with two attached hydrogens (primary N) is 1. The highest BCUT2D eigenvalue weighted by atomic mass is 32.2. The van der Waals surface area contributed by atoms with Gasteiger partial charge in [-0.15, -0.1) is 0 Å². The van der Waals surface area contributed by atoms with Crippen LogP contribution in [0.2, 0.25) is 0 Å². The van der Waals surface area contributed by atoms with E-state index in [1.54, 1.807) is 0 Å². The normalized spacial score (nSPS) is 26.8. The minimum atomic E-state index is -2.71. The fraction of sp³-hybridized carbons (Fsp3) is 1.00. The second kappa shape index (κ2) is 3.75. The molecule has 0 aliphatic carbocycles. The van der Waals surface area contributed by atoms with Gasteiger partial charge in [-0.05, 0) is 25.2 Å². The highest BCUT2D eigenvalue weighted by Crippen LogP contribution is 2.22. The van der Waals surface area contributed by atoms with E-state index in [2.05, 4.69) is 0 Å². The first-order valence-corrected chi connectivity index (χ1v) is 6.33. The van der Waals surface area contributed by atoms with Crippen LogP contribution >= 0.6 is 0 Å². The molecule has 2 N–H and O–H groups in total. The van der Waals surface area contributed by atoms with E-state index in [9.17, 15) is 8.42 Å². The Labute approximate surface area is 74.3 Å². The molecule has 0 radical (unpaired) electrons. The zero-order valence-corrected chi connectivity index (χ0v) is 8.31. The Morgan fingerprint density at radius 2 is 1.92 bits per heavy atom. The van der Waals surface area contributed by atoms with Crippen LogP contribution in [0.3, 0.4) is 0 Å². The summed E-state index contributed by atoms with van der Waals surface area (Å²) < 4.78 is 22.1. The molecule has 1 heterocycles. The summed E-state index contributed by atoms with van der Waals surface area (Å²) in [4.78, 5) is 0. The molecule has 0 spiro atoms. The summed E-state index contributed by atoms with van der Waals surface area (Å²) in [6, 6.07) is 0.195. The van der Waals surface area contributed by atoms with E-state index in [1.807, 2.05) is 6.92 Å². The number of hydrogen-bond acceptors (Lipinski definition) is 3. The van der Waals surface area contributed by atoms with Gasteiger partial charge < -0.3 is 5.73 Å². The number of hydrogen-bond donors (Lipinski definition) is 1. The molecular weight excluding hydrogens is 174 g/mol. The Kier molecular flexibility index (Phi) is 3.12. The maximum absolute atomic E-state index is 11.1. The van der Waals surface area contributed by atoms with Crippen LogP contribution in [-0.4, -0.2) is 26.0 Å². The third kappa shape index (κ3) is 2.45. The van der Waals surface area contributed by atoms with Crippen molar-refractivity contribution in [2.24, 2.45) is 11.7 Å². The van der Waals surface area contributed by atoms with E-state index >= 15 is 0 Å². The van der Waals surface area contributed by atoms with Crippen LogP contribution in [0.4, 0.5) is 0 Å². The van der Waals surface area contributed by atoms with Crippen LogP contribution in [-0.2, 0) is 9.84 Å². The van der Waals surface area contributed by atoms with Gasteiger partial charge in [0.05, 0.1) is 11.5 Å². The minimum Gasteiger partial charge on any atom is -0.327 e. The lowest BCUT2D eigenvalue weighted by atomic mass is 9.93. The Balaban J connectivity index is 2.46. The van der Waals surface area contributed by atoms with E-state index in [-0.39, 0.29) is 6.04 Å². The lowest BCUT2D eigenvalue weighted by molar-refractivity contribution is 0.376. The van der Waals surface area contributed by atoms with Gasteiger partial charge in [0.15, 0.2) is 0 Å². The molecule has 1 atom stereocenters. The maximum atomic E-state index is 11.1. The van der Waals surface area contributed by atoms with Crippen LogP contribution in [0, 0.1) is 5.92 Å². The summed E-state index contributed by atoms with van der Waals surface area (Å²) >= 11 is 0. The summed E-state index contributed by atoms with van der Waals surface area (Å²) in [6.45, 7) is 2.05. The van der Waals surface area contributed by atoms with Gasteiger partial charge >= 0.3 is 0 Å². The van der Waals surface area contributed by atoms with E-state index in [1.165, 1.54) is 0 Å². The SMILES string of the molecule is CCC(N)C1CCS(=O)(=O)CC1. The van der Waals surface area contributed by atoms with Gasteiger partial charge in [-0.2, -0.15) is 0 Å². The fourth-order valence-corrected chi connectivity index (χ4v) is 3.20. The molecule has 1 unspecified atom stereocenters. The molecule has 0 aromatic carbocycles. The fourth-order valence-electron chi connectivity index (χ4n) is 1.67. The van der Waals surface area contributed by atoms with Gasteiger partial charge in [-0.25, -0.2) is 8.42 Å². The minimum absolute atomic E-state index is 0.195. The van der Waals surface area contributed by atoms with Crippen molar-refractivity contribution in [2.75, 3.05) is 11.5 Å². The smallest absolute Gasteiger partial charge is 0.150 e. The number of sulfone groups is 1. The first kappa shape index (κ1) is 9.99. The summed E-state index contributed by atoms with van der Waals surface area (Å²) in [7, 11) is -2.71. The molecule has 1 aliphatic heterocycles. The van der Waals surface area contributed by atoms with Crippen molar-refractivity contribution in [3.8, 4) is 0 Å². The summed E-state index contributed by atoms with van der Waals surface area (Å²) in [5.41, 5.74) is 5.84. The molecule has 0 aromatic heterocycles. The third-order valence-electron chi connectivity index (χ3n) is 2.68. The van der Waals surface area contributed by atoms with Crippen molar-refractivity contribution in [1.29, 1.82) is 0 Å². The van der Waals surface area contributed by atoms with Crippen LogP contribution < -0.4 is 5.73 Å². The van der Waals surface area contributed by atoms with Gasteiger partial charge in [0.2, 0.25) is 0 Å². The molecule has 1 fully saturated rings. The first-order valence-electron chi connectivity index (χ1n) is 4.51. The van der Waals surface area contributed by atoms with Crippen molar-refractivity contribution in [2.45, 2.75) is 32.2 Å². The second-order valence-corrected chi connectivity index (χ2v) is 5.86. The van der Waals surface area contributed by atoms with Crippen molar-refractivity contribution in [3.05, 3.63) is 0 Å². The molecule has 0 aromatic rings. The number of rotatable bonds is 2. The Bertz CT molecular complexity index is 221. The molecule has 0 bridgehead atoms. The van der Waals surface area contributed by atoms with Gasteiger partial charge in [0.25, 0.3) is 0 Å². The molecule has 12 heavy (non-hydrogen) atoms. The van der Waals surface area contributed by atoms with E-state index < -0.39 is 9.84 Å². The summed E-state index contributed by atoms with van der Waals surface area (Å²) in [5, 5.41) is 0. The highest BCUT2D eigenvalue weighted by Gasteiger charge is 2.26. The molecule has 1 saturated heterocycles. The molecule has 0 saturated carbocycles. The third-order valence-corrected chi connectivity index (χ3v) is 4.39. The van der Waals surface area contributed by atoms with E-state index in [4.69, 9.17) is 5.73 Å². The van der Waals surface area contributed by atoms with Gasteiger partial charge in [-0.3, -0.25) is 0 Å². The molecular formula is C8H17NO2S. The molecule has 3 nitrogen and oxygen atoms in total. The standard InChI is InChI=1S/C8H17NO2S/c1-2-8(9)7-3-5-12(10,11)6-4-7/h7-8H,2-6,9H2,1H3. The van der Waals surface area contributed by atoms with Crippen molar-refractivity contribution in [3.63, 3.8) is 0 Å². The Hall–Kier alpha value is -0.0900. The molecule has 4 heteroatoms. The Morgan fingerprint density at radius 3 is 2.33 bits per heavy atom. The first-order chi connectivity index (χ1) is 5.55. The zero-order valence-electron chi connectivity index (χ0n) is 7.49. The van der Waals surface area contributed by atoms with E-state index in [0.29, 0.717) is 17.4 Å². The van der Waals surface area contributed by atoms with Gasteiger partial charge in [-0.1, -0.05) is 6.92 Å². The zero-order chi connectivity index (χ0) is 9.19. The highest BCUT2D eigenvalue weighted by molar-refractivity contribution is 7.91. The van der Waals surface area contributed by atoms with Crippen LogP contribution in [0.25, 0.3) is 0 Å². The lowest BCUT2D eigenvalue weighted by Gasteiger charge is -2.26. The largest absolute Gasteiger partial charge is 0.327 e. The van der Waals surface area contributed by atoms with Gasteiger partial charge in [0, 0.05) is 6.04 Å². The van der Waals surface area contributed by atoms with Crippen LogP contribution in [0.15, 0.2) is 0 Å². The molecule has 1 aliphatic rings. The van der Waals surface area contributed by atoms with Crippen LogP contribution in [0.5, 0.6) is 0 Å². The Morgan fingerprint density at radius 1 is 1.42 bits per heavy atom. The predicted octanol–water partition coefficient (Wildman–Crippen LogP) is 0.548. The molecule has 72 valence electrons. The molecule has 0 amide bonds. The lowest BCUT2D eigenvalue weighted by Crippen LogP contribution is -2.35. The average molecular weight is 191 g/mol. The monoisotopic (exact) mass is 191 g/mol. The average Bonchev–Trinajstić information content (AvgIpc) is 2.03. The quantitative estimate of drug-likeness (QED) is 0.693. The van der Waals surface area contributed by atoms with E-state index in [0.717, 1.165) is 19.3 Å². The maximum Gasteiger partial charge on any atom is 0.150 e. The van der Waals surface area contributed by atoms with Crippen molar-refractivity contribution < 1.29 is 8.42 Å². The topological polar surface area (TPSA) is 60.2 Å². The van der Waals surface area contributed by atoms with Crippen LogP contribution in [0.1, 0.15) is 26.2 Å². The van der Waals surface area contributed by atoms with Gasteiger partial charge in [0.1, 0.15) is 9.84 Å². The predicted molar refractivity (Wildman–Crippen MR) is 49.6 cm³/mol. The summed E-state index contributed by atoms with van der Waals surface area (Å²) in [6.07, 6.45) is 2.47. The molecule has 1 rings (SSSR count). The van der Waals surface area contributed by atoms with Crippen molar-refractivity contribution >= 4 is 9.84 Å². The second-order valence-electron chi connectivity index (χ2n) is 3.56.